The van der Waals surface area contributed by atoms with Crippen LogP contribution >= 0.6 is 0 Å². The third-order valence-corrected chi connectivity index (χ3v) is 2.78. The van der Waals surface area contributed by atoms with Gasteiger partial charge in [0.15, 0.2) is 5.76 Å². The van der Waals surface area contributed by atoms with Crippen LogP contribution in [0.4, 0.5) is 11.4 Å². The zero-order chi connectivity index (χ0) is 15.4. The summed E-state index contributed by atoms with van der Waals surface area (Å²) in [5, 5.41) is 15.1. The van der Waals surface area contributed by atoms with E-state index in [1.165, 1.54) is 24.5 Å². The highest BCUT2D eigenvalue weighted by molar-refractivity contribution is 6.02. The Balaban J connectivity index is 2.08. The number of aromatic hydroxyl groups is 1. The maximum atomic E-state index is 11.8. The number of hydrogen-bond acceptors (Lipinski definition) is 4. The lowest BCUT2D eigenvalue weighted by Gasteiger charge is -2.11. The third-order valence-electron chi connectivity index (χ3n) is 2.78. The summed E-state index contributed by atoms with van der Waals surface area (Å²) in [5.74, 6) is -0.758. The van der Waals surface area contributed by atoms with Crippen molar-refractivity contribution < 1.29 is 19.1 Å². The molecule has 0 saturated carbocycles. The molecule has 6 nitrogen and oxygen atoms in total. The molecule has 0 spiro atoms. The van der Waals surface area contributed by atoms with Crippen molar-refractivity contribution in [3.63, 3.8) is 0 Å². The van der Waals surface area contributed by atoms with Gasteiger partial charge in [-0.25, -0.2) is 0 Å². The molecule has 0 bridgehead atoms. The monoisotopic (exact) mass is 288 g/mol. The molecule has 6 heteroatoms. The summed E-state index contributed by atoms with van der Waals surface area (Å²) in [4.78, 5) is 23.4. The first kappa shape index (κ1) is 14.6. The predicted molar refractivity (Wildman–Crippen MR) is 78.2 cm³/mol. The third kappa shape index (κ3) is 3.62. The summed E-state index contributed by atoms with van der Waals surface area (Å²) < 4.78 is 4.97. The fourth-order valence-electron chi connectivity index (χ4n) is 1.59. The van der Waals surface area contributed by atoms with Crippen molar-refractivity contribution in [1.82, 2.24) is 0 Å². The minimum Gasteiger partial charge on any atom is -0.506 e. The van der Waals surface area contributed by atoms with Gasteiger partial charge in [0.25, 0.3) is 5.91 Å². The van der Waals surface area contributed by atoms with E-state index in [4.69, 9.17) is 4.42 Å². The van der Waals surface area contributed by atoms with Crippen LogP contribution in [0.2, 0.25) is 0 Å². The average Bonchev–Trinajstić information content (AvgIpc) is 2.95. The molecule has 0 atom stereocenters. The minimum absolute atomic E-state index is 0.124. The quantitative estimate of drug-likeness (QED) is 0.754. The van der Waals surface area contributed by atoms with Gasteiger partial charge in [-0.1, -0.05) is 13.8 Å². The first-order valence-corrected chi connectivity index (χ1v) is 6.46. The molecule has 1 aromatic heterocycles. The van der Waals surface area contributed by atoms with Crippen LogP contribution in [-0.2, 0) is 4.79 Å². The molecule has 2 rings (SSSR count). The van der Waals surface area contributed by atoms with Crippen LogP contribution in [0.5, 0.6) is 5.75 Å². The van der Waals surface area contributed by atoms with Crippen LogP contribution in [0.3, 0.4) is 0 Å². The molecule has 2 amide bonds. The molecule has 0 aliphatic carbocycles. The number of carbonyl (C=O) groups excluding carboxylic acids is 2. The van der Waals surface area contributed by atoms with Crippen LogP contribution in [-0.4, -0.2) is 16.9 Å². The van der Waals surface area contributed by atoms with E-state index in [1.807, 2.05) is 0 Å². The Morgan fingerprint density at radius 1 is 1.19 bits per heavy atom. The highest BCUT2D eigenvalue weighted by Gasteiger charge is 2.12. The Morgan fingerprint density at radius 2 is 1.95 bits per heavy atom. The number of benzene rings is 1. The number of amides is 2. The van der Waals surface area contributed by atoms with Gasteiger partial charge in [0, 0.05) is 17.7 Å². The fourth-order valence-corrected chi connectivity index (χ4v) is 1.59. The second-order valence-corrected chi connectivity index (χ2v) is 4.81. The summed E-state index contributed by atoms with van der Waals surface area (Å²) in [7, 11) is 0. The molecular weight excluding hydrogens is 272 g/mol. The van der Waals surface area contributed by atoms with Gasteiger partial charge >= 0.3 is 0 Å². The molecule has 1 heterocycles. The van der Waals surface area contributed by atoms with Crippen LogP contribution in [0.1, 0.15) is 24.4 Å². The summed E-state index contributed by atoms with van der Waals surface area (Å²) in [5.41, 5.74) is 0.696. The largest absolute Gasteiger partial charge is 0.506 e. The van der Waals surface area contributed by atoms with Gasteiger partial charge < -0.3 is 20.2 Å². The number of phenolic OH excluding ortho intramolecular Hbond substituents is 1. The molecule has 0 aliphatic rings. The number of anilines is 2. The van der Waals surface area contributed by atoms with E-state index >= 15 is 0 Å². The van der Waals surface area contributed by atoms with Crippen molar-refractivity contribution in [3.8, 4) is 5.75 Å². The van der Waals surface area contributed by atoms with Crippen molar-refractivity contribution in [1.29, 1.82) is 0 Å². The van der Waals surface area contributed by atoms with E-state index in [0.717, 1.165) is 0 Å². The molecule has 0 unspecified atom stereocenters. The molecule has 0 aliphatic heterocycles. The molecule has 110 valence electrons. The molecule has 21 heavy (non-hydrogen) atoms. The average molecular weight is 288 g/mol. The Kier molecular flexibility index (Phi) is 4.27. The van der Waals surface area contributed by atoms with E-state index in [9.17, 15) is 14.7 Å². The highest BCUT2D eigenvalue weighted by atomic mass is 16.3. The summed E-state index contributed by atoms with van der Waals surface area (Å²) in [6, 6.07) is 7.60. The topological polar surface area (TPSA) is 91.6 Å². The molecule has 1 aromatic carbocycles. The lowest BCUT2D eigenvalue weighted by Crippen LogP contribution is -2.18. The summed E-state index contributed by atoms with van der Waals surface area (Å²) in [6.45, 7) is 3.51. The van der Waals surface area contributed by atoms with Crippen molar-refractivity contribution in [3.05, 3.63) is 42.4 Å². The number of hydrogen-bond donors (Lipinski definition) is 3. The molecule has 0 saturated heterocycles. The molecule has 2 aromatic rings. The Morgan fingerprint density at radius 3 is 2.52 bits per heavy atom. The second-order valence-electron chi connectivity index (χ2n) is 4.81. The Bertz CT molecular complexity index is 648. The van der Waals surface area contributed by atoms with Gasteiger partial charge in [-0.2, -0.15) is 0 Å². The van der Waals surface area contributed by atoms with E-state index in [1.54, 1.807) is 26.0 Å². The standard InChI is InChI=1S/C15H16N2O4/c1-9(2)14(19)17-11-6-5-10(8-12(11)18)16-15(20)13-4-3-7-21-13/h3-9,18H,1-2H3,(H,16,20)(H,17,19). The van der Waals surface area contributed by atoms with Crippen molar-refractivity contribution in [2.75, 3.05) is 10.6 Å². The lowest BCUT2D eigenvalue weighted by atomic mass is 10.2. The number of rotatable bonds is 4. The van der Waals surface area contributed by atoms with Crippen molar-refractivity contribution >= 4 is 23.2 Å². The maximum absolute atomic E-state index is 11.8. The lowest BCUT2D eigenvalue weighted by molar-refractivity contribution is -0.118. The van der Waals surface area contributed by atoms with Crippen LogP contribution in [0.15, 0.2) is 41.0 Å². The van der Waals surface area contributed by atoms with Gasteiger partial charge in [0.2, 0.25) is 5.91 Å². The first-order valence-electron chi connectivity index (χ1n) is 6.46. The Labute approximate surface area is 121 Å². The number of nitrogens with one attached hydrogen (secondary N) is 2. The van der Waals surface area contributed by atoms with E-state index < -0.39 is 5.91 Å². The van der Waals surface area contributed by atoms with Crippen molar-refractivity contribution in [2.45, 2.75) is 13.8 Å². The van der Waals surface area contributed by atoms with E-state index in [-0.39, 0.29) is 23.3 Å². The Hall–Kier alpha value is -2.76. The SMILES string of the molecule is CC(C)C(=O)Nc1ccc(NC(=O)c2ccco2)cc1O. The predicted octanol–water partition coefficient (Wildman–Crippen LogP) is 2.83. The number of phenols is 1. The van der Waals surface area contributed by atoms with Crippen LogP contribution in [0.25, 0.3) is 0 Å². The molecule has 0 radical (unpaired) electrons. The van der Waals surface area contributed by atoms with Crippen LogP contribution in [0, 0.1) is 5.92 Å². The van der Waals surface area contributed by atoms with Gasteiger partial charge in [0.05, 0.1) is 12.0 Å². The molecule has 3 N–H and O–H groups in total. The smallest absolute Gasteiger partial charge is 0.291 e. The van der Waals surface area contributed by atoms with E-state index in [0.29, 0.717) is 11.4 Å². The number of carbonyl (C=O) groups is 2. The zero-order valence-electron chi connectivity index (χ0n) is 11.7. The molecule has 0 fully saturated rings. The van der Waals surface area contributed by atoms with Gasteiger partial charge in [-0.15, -0.1) is 0 Å². The normalized spacial score (nSPS) is 10.4. The van der Waals surface area contributed by atoms with E-state index in [2.05, 4.69) is 10.6 Å². The highest BCUT2D eigenvalue weighted by Crippen LogP contribution is 2.27. The number of furan rings is 1. The maximum Gasteiger partial charge on any atom is 0.291 e. The summed E-state index contributed by atoms with van der Waals surface area (Å²) in [6.07, 6.45) is 1.40. The second kappa shape index (κ2) is 6.13. The van der Waals surface area contributed by atoms with Gasteiger partial charge in [-0.3, -0.25) is 9.59 Å². The summed E-state index contributed by atoms with van der Waals surface area (Å²) >= 11 is 0. The molecular formula is C15H16N2O4. The fraction of sp³-hybridized carbons (Fsp3) is 0.200. The van der Waals surface area contributed by atoms with Crippen LogP contribution < -0.4 is 10.6 Å². The first-order chi connectivity index (χ1) is 9.97. The minimum atomic E-state index is -0.418. The van der Waals surface area contributed by atoms with Crippen molar-refractivity contribution in [2.24, 2.45) is 5.92 Å². The van der Waals surface area contributed by atoms with Gasteiger partial charge in [-0.05, 0) is 24.3 Å². The zero-order valence-corrected chi connectivity index (χ0v) is 11.7. The van der Waals surface area contributed by atoms with Gasteiger partial charge in [0.1, 0.15) is 5.75 Å².